The molecule has 3 nitrogen and oxygen atoms in total. The van der Waals surface area contributed by atoms with Crippen LogP contribution in [0, 0.1) is 0 Å². The molecule has 0 aliphatic carbocycles. The molecule has 0 saturated carbocycles. The summed E-state index contributed by atoms with van der Waals surface area (Å²) >= 11 is 12.5. The van der Waals surface area contributed by atoms with Crippen LogP contribution in [-0.4, -0.2) is 36.4 Å². The third kappa shape index (κ3) is 3.20. The van der Waals surface area contributed by atoms with E-state index < -0.39 is 0 Å². The zero-order valence-corrected chi connectivity index (χ0v) is 14.3. The first-order valence-corrected chi connectivity index (χ1v) is 7.79. The number of rotatable bonds is 3. The van der Waals surface area contributed by atoms with Gasteiger partial charge in [-0.1, -0.05) is 23.2 Å². The minimum Gasteiger partial charge on any atom is -0.496 e. The van der Waals surface area contributed by atoms with E-state index >= 15 is 0 Å². The SMILES string of the molecule is COc1ccc(Cl)c(Cl)c1[C@H]1C[C@@H](C=O)N(C(C)(C)C)C1. The monoisotopic (exact) mass is 329 g/mol. The van der Waals surface area contributed by atoms with Gasteiger partial charge in [-0.25, -0.2) is 0 Å². The Morgan fingerprint density at radius 3 is 2.48 bits per heavy atom. The second-order valence-corrected chi connectivity index (χ2v) is 7.22. The van der Waals surface area contributed by atoms with Crippen LogP contribution in [0.3, 0.4) is 0 Å². The predicted octanol–water partition coefficient (Wildman–Crippen LogP) is 4.16. The van der Waals surface area contributed by atoms with Gasteiger partial charge in [-0.15, -0.1) is 0 Å². The molecule has 2 rings (SSSR count). The Balaban J connectivity index is 2.41. The van der Waals surface area contributed by atoms with Crippen LogP contribution in [0.2, 0.25) is 10.0 Å². The quantitative estimate of drug-likeness (QED) is 0.780. The number of likely N-dealkylation sites (tertiary alicyclic amines) is 1. The number of ether oxygens (including phenoxy) is 1. The summed E-state index contributed by atoms with van der Waals surface area (Å²) in [6.45, 7) is 7.11. The van der Waals surface area contributed by atoms with Gasteiger partial charge in [0.05, 0.1) is 23.2 Å². The average molecular weight is 330 g/mol. The zero-order chi connectivity index (χ0) is 15.8. The molecule has 1 aromatic carbocycles. The average Bonchev–Trinajstić information content (AvgIpc) is 2.85. The molecule has 2 atom stereocenters. The summed E-state index contributed by atoms with van der Waals surface area (Å²) in [5.41, 5.74) is 0.837. The van der Waals surface area contributed by atoms with Crippen molar-refractivity contribution in [2.45, 2.75) is 44.7 Å². The lowest BCUT2D eigenvalue weighted by Crippen LogP contribution is -2.45. The maximum absolute atomic E-state index is 11.4. The molecule has 1 fully saturated rings. The van der Waals surface area contributed by atoms with E-state index in [1.807, 2.05) is 6.07 Å². The molecule has 116 valence electrons. The smallest absolute Gasteiger partial charge is 0.137 e. The Bertz CT molecular complexity index is 540. The molecule has 0 radical (unpaired) electrons. The van der Waals surface area contributed by atoms with E-state index in [4.69, 9.17) is 27.9 Å². The predicted molar refractivity (Wildman–Crippen MR) is 86.7 cm³/mol. The van der Waals surface area contributed by atoms with E-state index in [1.54, 1.807) is 13.2 Å². The summed E-state index contributed by atoms with van der Waals surface area (Å²) < 4.78 is 5.43. The fraction of sp³-hybridized carbons (Fsp3) is 0.562. The molecule has 1 aliphatic heterocycles. The van der Waals surface area contributed by atoms with Gasteiger partial charge in [0.25, 0.3) is 0 Å². The van der Waals surface area contributed by atoms with Gasteiger partial charge in [0.2, 0.25) is 0 Å². The molecule has 0 amide bonds. The summed E-state index contributed by atoms with van der Waals surface area (Å²) in [5, 5.41) is 1.05. The molecule has 1 aliphatic rings. The Labute approximate surface area is 136 Å². The molecule has 1 heterocycles. The summed E-state index contributed by atoms with van der Waals surface area (Å²) in [4.78, 5) is 13.6. The van der Waals surface area contributed by atoms with Crippen molar-refractivity contribution in [3.63, 3.8) is 0 Å². The van der Waals surface area contributed by atoms with Crippen molar-refractivity contribution in [1.29, 1.82) is 0 Å². The topological polar surface area (TPSA) is 29.5 Å². The van der Waals surface area contributed by atoms with Gasteiger partial charge < -0.3 is 9.53 Å². The van der Waals surface area contributed by atoms with E-state index in [1.165, 1.54) is 0 Å². The van der Waals surface area contributed by atoms with Crippen molar-refractivity contribution >= 4 is 29.5 Å². The van der Waals surface area contributed by atoms with Crippen LogP contribution in [0.4, 0.5) is 0 Å². The molecule has 0 bridgehead atoms. The fourth-order valence-electron chi connectivity index (χ4n) is 3.08. The van der Waals surface area contributed by atoms with Crippen molar-refractivity contribution in [2.75, 3.05) is 13.7 Å². The number of carbonyl (C=O) groups excluding carboxylic acids is 1. The minimum absolute atomic E-state index is 0.0708. The molecule has 1 aromatic rings. The molecular weight excluding hydrogens is 309 g/mol. The van der Waals surface area contributed by atoms with Gasteiger partial charge in [-0.2, -0.15) is 0 Å². The van der Waals surface area contributed by atoms with E-state index in [0.717, 1.165) is 30.6 Å². The molecule has 0 unspecified atom stereocenters. The number of hydrogen-bond donors (Lipinski definition) is 0. The van der Waals surface area contributed by atoms with Crippen molar-refractivity contribution in [2.24, 2.45) is 0 Å². The van der Waals surface area contributed by atoms with Gasteiger partial charge in [0, 0.05) is 23.6 Å². The normalized spacial score (nSPS) is 23.3. The zero-order valence-electron chi connectivity index (χ0n) is 12.8. The van der Waals surface area contributed by atoms with Gasteiger partial charge in [0.15, 0.2) is 0 Å². The van der Waals surface area contributed by atoms with Crippen molar-refractivity contribution in [3.8, 4) is 5.75 Å². The number of aldehydes is 1. The summed E-state index contributed by atoms with van der Waals surface area (Å²) in [7, 11) is 1.62. The van der Waals surface area contributed by atoms with Crippen molar-refractivity contribution < 1.29 is 9.53 Å². The molecule has 0 spiro atoms. The van der Waals surface area contributed by atoms with E-state index in [2.05, 4.69) is 25.7 Å². The van der Waals surface area contributed by atoms with Crippen LogP contribution < -0.4 is 4.74 Å². The number of carbonyl (C=O) groups is 1. The highest BCUT2D eigenvalue weighted by molar-refractivity contribution is 6.42. The highest BCUT2D eigenvalue weighted by Gasteiger charge is 2.40. The van der Waals surface area contributed by atoms with Gasteiger partial charge in [-0.3, -0.25) is 4.90 Å². The second-order valence-electron chi connectivity index (χ2n) is 6.44. The first kappa shape index (κ1) is 16.6. The maximum atomic E-state index is 11.4. The van der Waals surface area contributed by atoms with Crippen molar-refractivity contribution in [3.05, 3.63) is 27.7 Å². The first-order chi connectivity index (χ1) is 9.79. The van der Waals surface area contributed by atoms with Crippen molar-refractivity contribution in [1.82, 2.24) is 4.90 Å². The molecule has 5 heteroatoms. The van der Waals surface area contributed by atoms with Gasteiger partial charge in [-0.05, 0) is 39.3 Å². The Morgan fingerprint density at radius 2 is 2.00 bits per heavy atom. The van der Waals surface area contributed by atoms with E-state index in [-0.39, 0.29) is 17.5 Å². The minimum atomic E-state index is -0.102. The lowest BCUT2D eigenvalue weighted by atomic mass is 9.95. The van der Waals surface area contributed by atoms with Gasteiger partial charge in [0.1, 0.15) is 12.0 Å². The van der Waals surface area contributed by atoms with Crippen LogP contribution >= 0.6 is 23.2 Å². The van der Waals surface area contributed by atoms with Crippen LogP contribution in [0.25, 0.3) is 0 Å². The van der Waals surface area contributed by atoms with E-state index in [9.17, 15) is 4.79 Å². The third-order valence-electron chi connectivity index (χ3n) is 4.08. The largest absolute Gasteiger partial charge is 0.496 e. The lowest BCUT2D eigenvalue weighted by molar-refractivity contribution is -0.113. The van der Waals surface area contributed by atoms with Crippen LogP contribution in [0.1, 0.15) is 38.7 Å². The third-order valence-corrected chi connectivity index (χ3v) is 4.90. The Hall–Kier alpha value is -0.770. The lowest BCUT2D eigenvalue weighted by Gasteiger charge is -2.34. The number of halogens is 2. The second kappa shape index (κ2) is 6.15. The molecule has 0 N–H and O–H groups in total. The molecule has 1 saturated heterocycles. The van der Waals surface area contributed by atoms with Crippen LogP contribution in [0.5, 0.6) is 5.75 Å². The van der Waals surface area contributed by atoms with E-state index in [0.29, 0.717) is 10.0 Å². The fourth-order valence-corrected chi connectivity index (χ4v) is 3.56. The van der Waals surface area contributed by atoms with Crippen LogP contribution in [0.15, 0.2) is 12.1 Å². The summed E-state index contributed by atoms with van der Waals surface area (Å²) in [6.07, 6.45) is 1.76. The maximum Gasteiger partial charge on any atom is 0.137 e. The summed E-state index contributed by atoms with van der Waals surface area (Å²) in [5.74, 6) is 0.871. The van der Waals surface area contributed by atoms with Crippen LogP contribution in [-0.2, 0) is 4.79 Å². The first-order valence-electron chi connectivity index (χ1n) is 7.03. The standard InChI is InChI=1S/C16H21Cl2NO2/c1-16(2,3)19-8-10(7-11(19)9-20)14-13(21-4)6-5-12(17)15(14)18/h5-6,9-11H,7-8H2,1-4H3/t10-,11-/m0/s1. The highest BCUT2D eigenvalue weighted by Crippen LogP contribution is 2.44. The number of nitrogens with zero attached hydrogens (tertiary/aromatic N) is 1. The number of benzene rings is 1. The Kier molecular flexibility index (Phi) is 4.86. The Morgan fingerprint density at radius 1 is 1.33 bits per heavy atom. The highest BCUT2D eigenvalue weighted by atomic mass is 35.5. The molecule has 0 aromatic heterocycles. The summed E-state index contributed by atoms with van der Waals surface area (Å²) in [6, 6.07) is 3.47. The van der Waals surface area contributed by atoms with Gasteiger partial charge >= 0.3 is 0 Å². The molecule has 21 heavy (non-hydrogen) atoms. The number of hydrogen-bond acceptors (Lipinski definition) is 3. The number of methoxy groups -OCH3 is 1. The molecular formula is C16H21Cl2NO2.